The Bertz CT molecular complexity index is 929. The molecule has 0 aliphatic heterocycles. The van der Waals surface area contributed by atoms with Gasteiger partial charge in [-0.15, -0.1) is 24.0 Å². The van der Waals surface area contributed by atoms with E-state index in [4.69, 9.17) is 4.42 Å². The van der Waals surface area contributed by atoms with Gasteiger partial charge in [0.2, 0.25) is 0 Å². The zero-order chi connectivity index (χ0) is 19.8. The van der Waals surface area contributed by atoms with Crippen LogP contribution in [0.4, 0.5) is 10.1 Å². The lowest BCUT2D eigenvalue weighted by atomic mass is 10.2. The van der Waals surface area contributed by atoms with Crippen molar-refractivity contribution >= 4 is 35.6 Å². The van der Waals surface area contributed by atoms with Crippen LogP contribution in [0.3, 0.4) is 0 Å². The number of furan rings is 1. The molecule has 0 fully saturated rings. The molecule has 0 saturated carbocycles. The number of benzene rings is 2. The van der Waals surface area contributed by atoms with Gasteiger partial charge >= 0.3 is 0 Å². The standard InChI is InChI=1S/C20H19FN4O3.HI/c21-17-7-3-15(4-8-17)12-22-20(24-14-19-2-1-11-28-19)23-13-16-5-9-18(10-6-16)25(26)27;/h1-11H,12-14H2,(H2,22,23,24);1H. The molecule has 1 aromatic heterocycles. The van der Waals surface area contributed by atoms with Crippen LogP contribution in [0.1, 0.15) is 16.9 Å². The summed E-state index contributed by atoms with van der Waals surface area (Å²) in [5.74, 6) is 1.01. The molecule has 0 saturated heterocycles. The van der Waals surface area contributed by atoms with Crippen LogP contribution in [0.2, 0.25) is 0 Å². The van der Waals surface area contributed by atoms with Crippen molar-refractivity contribution in [1.29, 1.82) is 0 Å². The van der Waals surface area contributed by atoms with Crippen molar-refractivity contribution in [3.05, 3.63) is 99.7 Å². The average Bonchev–Trinajstić information content (AvgIpc) is 3.22. The molecule has 0 radical (unpaired) electrons. The monoisotopic (exact) mass is 510 g/mol. The Morgan fingerprint density at radius 2 is 1.66 bits per heavy atom. The van der Waals surface area contributed by atoms with Crippen LogP contribution >= 0.6 is 24.0 Å². The number of aliphatic imine (C=N–C) groups is 1. The van der Waals surface area contributed by atoms with Gasteiger partial charge in [-0.2, -0.15) is 0 Å². The Balaban J connectivity index is 0.00000300. The topological polar surface area (TPSA) is 92.7 Å². The summed E-state index contributed by atoms with van der Waals surface area (Å²) in [6, 6.07) is 16.1. The Morgan fingerprint density at radius 1 is 1.00 bits per heavy atom. The van der Waals surface area contributed by atoms with Gasteiger partial charge in [0.05, 0.1) is 24.3 Å². The molecule has 3 rings (SSSR count). The third kappa shape index (κ3) is 7.18. The van der Waals surface area contributed by atoms with Crippen LogP contribution in [0.5, 0.6) is 0 Å². The number of nitro benzene ring substituents is 1. The highest BCUT2D eigenvalue weighted by Crippen LogP contribution is 2.11. The van der Waals surface area contributed by atoms with Crippen molar-refractivity contribution in [3.8, 4) is 0 Å². The number of nitro groups is 1. The van der Waals surface area contributed by atoms with Crippen molar-refractivity contribution in [2.45, 2.75) is 19.6 Å². The molecular formula is C20H20FIN4O3. The number of hydrogen-bond acceptors (Lipinski definition) is 4. The summed E-state index contributed by atoms with van der Waals surface area (Å²) in [5, 5.41) is 17.1. The number of guanidine groups is 1. The minimum Gasteiger partial charge on any atom is -0.467 e. The number of nitrogens with zero attached hydrogens (tertiary/aromatic N) is 2. The molecule has 0 spiro atoms. The second-order valence-corrected chi connectivity index (χ2v) is 6.00. The molecule has 29 heavy (non-hydrogen) atoms. The average molecular weight is 510 g/mol. The number of hydrogen-bond donors (Lipinski definition) is 2. The van der Waals surface area contributed by atoms with Crippen LogP contribution in [0, 0.1) is 15.9 Å². The number of nitrogens with one attached hydrogen (secondary N) is 2. The van der Waals surface area contributed by atoms with Crippen LogP contribution in [-0.4, -0.2) is 10.9 Å². The van der Waals surface area contributed by atoms with Crippen LogP contribution in [-0.2, 0) is 19.6 Å². The van der Waals surface area contributed by atoms with E-state index in [0.717, 1.165) is 16.9 Å². The van der Waals surface area contributed by atoms with Gasteiger partial charge in [0, 0.05) is 18.7 Å². The van der Waals surface area contributed by atoms with Crippen LogP contribution in [0.15, 0.2) is 76.3 Å². The first-order chi connectivity index (χ1) is 13.6. The lowest BCUT2D eigenvalue weighted by molar-refractivity contribution is -0.384. The summed E-state index contributed by atoms with van der Waals surface area (Å²) in [5.41, 5.74) is 1.79. The Labute approximate surface area is 184 Å². The molecule has 0 atom stereocenters. The molecule has 2 N–H and O–H groups in total. The molecule has 152 valence electrons. The van der Waals surface area contributed by atoms with Crippen molar-refractivity contribution in [3.63, 3.8) is 0 Å². The maximum Gasteiger partial charge on any atom is 0.269 e. The van der Waals surface area contributed by atoms with E-state index in [1.807, 2.05) is 6.07 Å². The molecule has 2 aromatic carbocycles. The zero-order valence-electron chi connectivity index (χ0n) is 15.4. The molecule has 1 heterocycles. The number of halogens is 2. The third-order valence-corrected chi connectivity index (χ3v) is 3.95. The minimum absolute atomic E-state index is 0. The second-order valence-electron chi connectivity index (χ2n) is 6.00. The number of rotatable bonds is 7. The summed E-state index contributed by atoms with van der Waals surface area (Å²) in [7, 11) is 0. The fourth-order valence-electron chi connectivity index (χ4n) is 2.44. The summed E-state index contributed by atoms with van der Waals surface area (Å²) in [6.45, 7) is 1.25. The molecule has 3 aromatic rings. The van der Waals surface area contributed by atoms with E-state index in [1.165, 1.54) is 24.3 Å². The maximum atomic E-state index is 13.0. The van der Waals surface area contributed by atoms with Crippen molar-refractivity contribution < 1.29 is 13.7 Å². The maximum absolute atomic E-state index is 13.0. The van der Waals surface area contributed by atoms with Gasteiger partial charge in [0.1, 0.15) is 11.6 Å². The predicted molar refractivity (Wildman–Crippen MR) is 118 cm³/mol. The molecule has 0 aliphatic carbocycles. The fourth-order valence-corrected chi connectivity index (χ4v) is 2.44. The summed E-state index contributed by atoms with van der Waals surface area (Å²) in [6.07, 6.45) is 1.59. The van der Waals surface area contributed by atoms with Gasteiger partial charge in [-0.05, 0) is 35.4 Å². The van der Waals surface area contributed by atoms with E-state index in [9.17, 15) is 14.5 Å². The van der Waals surface area contributed by atoms with E-state index in [0.29, 0.717) is 25.6 Å². The molecule has 0 aliphatic rings. The zero-order valence-corrected chi connectivity index (χ0v) is 17.7. The summed E-state index contributed by atoms with van der Waals surface area (Å²) >= 11 is 0. The van der Waals surface area contributed by atoms with Gasteiger partial charge in [0.15, 0.2) is 5.96 Å². The summed E-state index contributed by atoms with van der Waals surface area (Å²) in [4.78, 5) is 14.8. The SMILES string of the molecule is I.O=[N+]([O-])c1ccc(CNC(=NCc2ccc(F)cc2)NCc2ccco2)cc1. The molecule has 0 amide bonds. The molecular weight excluding hydrogens is 490 g/mol. The summed E-state index contributed by atoms with van der Waals surface area (Å²) < 4.78 is 18.3. The van der Waals surface area contributed by atoms with Gasteiger partial charge < -0.3 is 15.1 Å². The molecule has 0 unspecified atom stereocenters. The highest BCUT2D eigenvalue weighted by Gasteiger charge is 2.05. The third-order valence-electron chi connectivity index (χ3n) is 3.95. The Kier molecular flexibility index (Phi) is 8.59. The van der Waals surface area contributed by atoms with Crippen LogP contribution in [0.25, 0.3) is 0 Å². The van der Waals surface area contributed by atoms with E-state index in [-0.39, 0.29) is 35.5 Å². The Hall–Kier alpha value is -2.95. The molecule has 0 bridgehead atoms. The van der Waals surface area contributed by atoms with Gasteiger partial charge in [-0.25, -0.2) is 9.38 Å². The lowest BCUT2D eigenvalue weighted by Crippen LogP contribution is -2.36. The largest absolute Gasteiger partial charge is 0.467 e. The first-order valence-electron chi connectivity index (χ1n) is 8.62. The quantitative estimate of drug-likeness (QED) is 0.162. The smallest absolute Gasteiger partial charge is 0.269 e. The highest BCUT2D eigenvalue weighted by atomic mass is 127. The van der Waals surface area contributed by atoms with Gasteiger partial charge in [-0.3, -0.25) is 10.1 Å². The van der Waals surface area contributed by atoms with Crippen molar-refractivity contribution in [1.82, 2.24) is 10.6 Å². The first-order valence-corrected chi connectivity index (χ1v) is 8.62. The van der Waals surface area contributed by atoms with E-state index in [2.05, 4.69) is 15.6 Å². The lowest BCUT2D eigenvalue weighted by Gasteiger charge is -2.12. The predicted octanol–water partition coefficient (Wildman–Crippen LogP) is 4.38. The van der Waals surface area contributed by atoms with Crippen LogP contribution < -0.4 is 10.6 Å². The second kappa shape index (κ2) is 11.1. The molecule has 7 nitrogen and oxygen atoms in total. The minimum atomic E-state index is -0.433. The highest BCUT2D eigenvalue weighted by molar-refractivity contribution is 14.0. The molecule has 9 heteroatoms. The fraction of sp³-hybridized carbons (Fsp3) is 0.150. The normalized spacial score (nSPS) is 10.9. The number of non-ortho nitro benzene ring substituents is 1. The Morgan fingerprint density at radius 3 is 2.28 bits per heavy atom. The first kappa shape index (κ1) is 22.3. The van der Waals surface area contributed by atoms with E-state index < -0.39 is 4.92 Å². The van der Waals surface area contributed by atoms with Crippen molar-refractivity contribution in [2.75, 3.05) is 0 Å². The van der Waals surface area contributed by atoms with Gasteiger partial charge in [-0.1, -0.05) is 24.3 Å². The van der Waals surface area contributed by atoms with E-state index in [1.54, 1.807) is 36.6 Å². The van der Waals surface area contributed by atoms with Gasteiger partial charge in [0.25, 0.3) is 5.69 Å². The van der Waals surface area contributed by atoms with Crippen molar-refractivity contribution in [2.24, 2.45) is 4.99 Å². The van der Waals surface area contributed by atoms with E-state index >= 15 is 0 Å².